The first-order chi connectivity index (χ1) is 9.16. The number of nitrogens with zero attached hydrogens (tertiary/aromatic N) is 1. The van der Waals surface area contributed by atoms with E-state index in [0.29, 0.717) is 6.42 Å². The Hall–Kier alpha value is -2.30. The highest BCUT2D eigenvalue weighted by molar-refractivity contribution is 5.91. The Morgan fingerprint density at radius 3 is 2.47 bits per heavy atom. The molecule has 3 nitrogen and oxygen atoms in total. The van der Waals surface area contributed by atoms with Gasteiger partial charge in [0.2, 0.25) is 5.91 Å². The first kappa shape index (κ1) is 13.1. The summed E-state index contributed by atoms with van der Waals surface area (Å²) >= 11 is 0. The molecule has 98 valence electrons. The molecule has 1 N–H and O–H groups in total. The number of hydrogen-bond acceptors (Lipinski definition) is 2. The monoisotopic (exact) mass is 262 g/mol. The lowest BCUT2D eigenvalue weighted by Crippen LogP contribution is -2.14. The molecule has 0 radical (unpaired) electrons. The summed E-state index contributed by atoms with van der Waals surface area (Å²) in [6.45, 7) is 0. The average molecular weight is 262 g/mol. The maximum absolute atomic E-state index is 13.3. The van der Waals surface area contributed by atoms with E-state index in [1.54, 1.807) is 18.3 Å². The Morgan fingerprint density at radius 1 is 1.11 bits per heavy atom. The van der Waals surface area contributed by atoms with E-state index in [1.165, 1.54) is 6.07 Å². The van der Waals surface area contributed by atoms with Gasteiger partial charge in [-0.2, -0.15) is 0 Å². The van der Waals surface area contributed by atoms with Crippen LogP contribution in [0.25, 0.3) is 0 Å². The van der Waals surface area contributed by atoms with Gasteiger partial charge in [0.25, 0.3) is 0 Å². The van der Waals surface area contributed by atoms with Crippen LogP contribution in [-0.2, 0) is 11.2 Å². The number of nitrogens with one attached hydrogen (secondary N) is 1. The zero-order valence-corrected chi connectivity index (χ0v) is 10.1. The summed E-state index contributed by atoms with van der Waals surface area (Å²) < 4.78 is 26.6. The molecular formula is C14H12F2N2O. The van der Waals surface area contributed by atoms with Gasteiger partial charge in [0, 0.05) is 18.3 Å². The normalized spacial score (nSPS) is 10.2. The van der Waals surface area contributed by atoms with Crippen molar-refractivity contribution in [2.75, 3.05) is 5.32 Å². The predicted molar refractivity (Wildman–Crippen MR) is 67.5 cm³/mol. The minimum atomic E-state index is -0.786. The van der Waals surface area contributed by atoms with Crippen LogP contribution >= 0.6 is 0 Å². The molecule has 0 unspecified atom stereocenters. The number of carbonyl (C=O) groups excluding carboxylic acids is 1. The summed E-state index contributed by atoms with van der Waals surface area (Å²) in [6.07, 6.45) is 2.16. The SMILES string of the molecule is O=C(CCc1ccccn1)Nc1c(F)cccc1F. The lowest BCUT2D eigenvalue weighted by Gasteiger charge is -2.07. The van der Waals surface area contributed by atoms with Gasteiger partial charge in [0.1, 0.15) is 17.3 Å². The summed E-state index contributed by atoms with van der Waals surface area (Å²) in [5.74, 6) is -2.02. The van der Waals surface area contributed by atoms with Gasteiger partial charge in [-0.05, 0) is 30.7 Å². The van der Waals surface area contributed by atoms with Crippen molar-refractivity contribution in [1.82, 2.24) is 4.98 Å². The number of benzene rings is 1. The fourth-order valence-corrected chi connectivity index (χ4v) is 1.61. The van der Waals surface area contributed by atoms with Crippen LogP contribution in [0.15, 0.2) is 42.6 Å². The van der Waals surface area contributed by atoms with Crippen LogP contribution < -0.4 is 5.32 Å². The molecule has 2 rings (SSSR count). The first-order valence-corrected chi connectivity index (χ1v) is 5.80. The molecule has 0 fully saturated rings. The molecule has 1 heterocycles. The summed E-state index contributed by atoms with van der Waals surface area (Å²) in [6, 6.07) is 8.81. The Bertz CT molecular complexity index is 553. The maximum Gasteiger partial charge on any atom is 0.224 e. The number of para-hydroxylation sites is 1. The van der Waals surface area contributed by atoms with Gasteiger partial charge in [-0.15, -0.1) is 0 Å². The minimum Gasteiger partial charge on any atom is -0.321 e. The topological polar surface area (TPSA) is 42.0 Å². The van der Waals surface area contributed by atoms with E-state index in [9.17, 15) is 13.6 Å². The third-order valence-corrected chi connectivity index (χ3v) is 2.56. The number of rotatable bonds is 4. The fourth-order valence-electron chi connectivity index (χ4n) is 1.61. The van der Waals surface area contributed by atoms with Gasteiger partial charge >= 0.3 is 0 Å². The Balaban J connectivity index is 1.95. The number of aryl methyl sites for hydroxylation is 1. The molecule has 0 saturated carbocycles. The molecule has 5 heteroatoms. The molecular weight excluding hydrogens is 250 g/mol. The molecule has 0 aliphatic rings. The molecule has 0 spiro atoms. The minimum absolute atomic E-state index is 0.116. The molecule has 19 heavy (non-hydrogen) atoms. The molecule has 0 aliphatic carbocycles. The van der Waals surface area contributed by atoms with E-state index in [1.807, 2.05) is 6.07 Å². The van der Waals surface area contributed by atoms with Crippen LogP contribution in [0.4, 0.5) is 14.5 Å². The van der Waals surface area contributed by atoms with E-state index in [4.69, 9.17) is 0 Å². The Kier molecular flexibility index (Phi) is 4.18. The van der Waals surface area contributed by atoms with E-state index in [2.05, 4.69) is 10.3 Å². The number of amides is 1. The zero-order valence-electron chi connectivity index (χ0n) is 10.1. The first-order valence-electron chi connectivity index (χ1n) is 5.80. The van der Waals surface area contributed by atoms with Gasteiger partial charge in [0.15, 0.2) is 0 Å². The van der Waals surface area contributed by atoms with E-state index in [0.717, 1.165) is 17.8 Å². The Morgan fingerprint density at radius 2 is 1.84 bits per heavy atom. The van der Waals surface area contributed by atoms with Crippen molar-refractivity contribution in [2.45, 2.75) is 12.8 Å². The number of anilines is 1. The second kappa shape index (κ2) is 6.04. The largest absolute Gasteiger partial charge is 0.321 e. The number of hydrogen-bond donors (Lipinski definition) is 1. The molecule has 2 aromatic rings. The second-order valence-corrected chi connectivity index (χ2v) is 3.97. The van der Waals surface area contributed by atoms with E-state index < -0.39 is 23.2 Å². The van der Waals surface area contributed by atoms with Crippen molar-refractivity contribution in [3.63, 3.8) is 0 Å². The highest BCUT2D eigenvalue weighted by Gasteiger charge is 2.11. The molecule has 1 aromatic heterocycles. The predicted octanol–water partition coefficient (Wildman–Crippen LogP) is 2.93. The van der Waals surface area contributed by atoms with E-state index in [-0.39, 0.29) is 6.42 Å². The fraction of sp³-hybridized carbons (Fsp3) is 0.143. The Labute approximate surface area is 109 Å². The summed E-state index contributed by atoms with van der Waals surface area (Å²) in [5.41, 5.74) is 0.347. The van der Waals surface area contributed by atoms with Crippen LogP contribution in [0.5, 0.6) is 0 Å². The lowest BCUT2D eigenvalue weighted by atomic mass is 10.2. The van der Waals surface area contributed by atoms with Gasteiger partial charge in [-0.25, -0.2) is 8.78 Å². The highest BCUT2D eigenvalue weighted by atomic mass is 19.1. The number of aromatic nitrogens is 1. The molecule has 0 aliphatic heterocycles. The maximum atomic E-state index is 13.3. The summed E-state index contributed by atoms with van der Waals surface area (Å²) in [4.78, 5) is 15.7. The molecule has 0 atom stereocenters. The van der Waals surface area contributed by atoms with Gasteiger partial charge in [-0.1, -0.05) is 12.1 Å². The highest BCUT2D eigenvalue weighted by Crippen LogP contribution is 2.18. The van der Waals surface area contributed by atoms with Crippen LogP contribution in [0.3, 0.4) is 0 Å². The number of halogens is 2. The molecule has 1 aromatic carbocycles. The van der Waals surface area contributed by atoms with Gasteiger partial charge in [0.05, 0.1) is 0 Å². The quantitative estimate of drug-likeness (QED) is 0.920. The van der Waals surface area contributed by atoms with Crippen molar-refractivity contribution >= 4 is 11.6 Å². The average Bonchev–Trinajstić information content (AvgIpc) is 2.42. The van der Waals surface area contributed by atoms with Crippen molar-refractivity contribution in [3.8, 4) is 0 Å². The van der Waals surface area contributed by atoms with Crippen molar-refractivity contribution in [3.05, 3.63) is 59.9 Å². The third-order valence-electron chi connectivity index (χ3n) is 2.56. The van der Waals surface area contributed by atoms with Crippen molar-refractivity contribution in [1.29, 1.82) is 0 Å². The van der Waals surface area contributed by atoms with Crippen LogP contribution in [0.2, 0.25) is 0 Å². The standard InChI is InChI=1S/C14H12F2N2O/c15-11-5-3-6-12(16)14(11)18-13(19)8-7-10-4-1-2-9-17-10/h1-6,9H,7-8H2,(H,18,19). The smallest absolute Gasteiger partial charge is 0.224 e. The van der Waals surface area contributed by atoms with Crippen LogP contribution in [0, 0.1) is 11.6 Å². The van der Waals surface area contributed by atoms with Crippen molar-refractivity contribution in [2.24, 2.45) is 0 Å². The zero-order chi connectivity index (χ0) is 13.7. The summed E-state index contributed by atoms with van der Waals surface area (Å²) in [7, 11) is 0. The second-order valence-electron chi connectivity index (χ2n) is 3.97. The molecule has 1 amide bonds. The van der Waals surface area contributed by atoms with Gasteiger partial charge < -0.3 is 5.32 Å². The van der Waals surface area contributed by atoms with Gasteiger partial charge in [-0.3, -0.25) is 9.78 Å². The number of pyridine rings is 1. The lowest BCUT2D eigenvalue weighted by molar-refractivity contribution is -0.116. The molecule has 0 bridgehead atoms. The van der Waals surface area contributed by atoms with Crippen LogP contribution in [0.1, 0.15) is 12.1 Å². The third kappa shape index (κ3) is 3.58. The van der Waals surface area contributed by atoms with Crippen molar-refractivity contribution < 1.29 is 13.6 Å². The number of carbonyl (C=O) groups is 1. The van der Waals surface area contributed by atoms with Crippen LogP contribution in [-0.4, -0.2) is 10.9 Å². The van der Waals surface area contributed by atoms with E-state index >= 15 is 0 Å². The molecule has 0 saturated heterocycles. The summed E-state index contributed by atoms with van der Waals surface area (Å²) in [5, 5.41) is 2.23.